The zero-order valence-corrected chi connectivity index (χ0v) is 15.9. The fraction of sp³-hybridized carbons (Fsp3) is 0.167. The lowest BCUT2D eigenvalue weighted by Gasteiger charge is -2.12. The summed E-state index contributed by atoms with van der Waals surface area (Å²) in [4.78, 5) is 15.9. The lowest BCUT2D eigenvalue weighted by atomic mass is 10.1. The molecule has 0 aromatic carbocycles. The molecule has 0 atom stereocenters. The van der Waals surface area contributed by atoms with Gasteiger partial charge in [-0.3, -0.25) is 18.9 Å². The van der Waals surface area contributed by atoms with Crippen molar-refractivity contribution in [3.05, 3.63) is 59.8 Å². The molecule has 0 unspecified atom stereocenters. The number of hydrogen-bond donors (Lipinski definition) is 1. The van der Waals surface area contributed by atoms with Crippen LogP contribution in [0.15, 0.2) is 42.9 Å². The zero-order valence-electron chi connectivity index (χ0n) is 15.9. The minimum absolute atomic E-state index is 0.0299. The Morgan fingerprint density at radius 3 is 2.50 bits per heavy atom. The Morgan fingerprint density at radius 2 is 1.81 bits per heavy atom. The van der Waals surface area contributed by atoms with Gasteiger partial charge in [0.15, 0.2) is 5.65 Å². The normalized spacial score (nSPS) is 12.3. The summed E-state index contributed by atoms with van der Waals surface area (Å²) in [6, 6.07) is 5.84. The number of amides is 1. The van der Waals surface area contributed by atoms with Gasteiger partial charge < -0.3 is 5.32 Å². The van der Waals surface area contributed by atoms with E-state index in [9.17, 15) is 31.1 Å². The average Bonchev–Trinajstić information content (AvgIpc) is 3.31. The van der Waals surface area contributed by atoms with E-state index in [2.05, 4.69) is 20.3 Å². The first-order valence-electron chi connectivity index (χ1n) is 8.74. The summed E-state index contributed by atoms with van der Waals surface area (Å²) in [7, 11) is 1.12. The average molecular weight is 455 g/mol. The van der Waals surface area contributed by atoms with Crippen LogP contribution in [-0.2, 0) is 19.4 Å². The highest BCUT2D eigenvalue weighted by Gasteiger charge is 2.43. The summed E-state index contributed by atoms with van der Waals surface area (Å²) in [5.74, 6) is -1.30. The Kier molecular flexibility index (Phi) is 4.86. The fourth-order valence-corrected chi connectivity index (χ4v) is 3.13. The number of halogens is 6. The molecule has 0 spiro atoms. The van der Waals surface area contributed by atoms with Crippen LogP contribution in [0.1, 0.15) is 21.7 Å². The minimum Gasteiger partial charge on any atom is -0.321 e. The van der Waals surface area contributed by atoms with Gasteiger partial charge in [0.2, 0.25) is 0 Å². The van der Waals surface area contributed by atoms with Crippen molar-refractivity contribution in [3.8, 4) is 11.4 Å². The number of anilines is 1. The van der Waals surface area contributed by atoms with Gasteiger partial charge in [0.25, 0.3) is 5.91 Å². The molecule has 4 aromatic heterocycles. The molecule has 0 aliphatic heterocycles. The first kappa shape index (κ1) is 21.3. The van der Waals surface area contributed by atoms with Crippen molar-refractivity contribution in [1.82, 2.24) is 29.4 Å². The smallest absolute Gasteiger partial charge is 0.321 e. The van der Waals surface area contributed by atoms with E-state index < -0.39 is 40.9 Å². The number of carbonyl (C=O) groups excluding carboxylic acids is 1. The van der Waals surface area contributed by atoms with Crippen LogP contribution in [0.2, 0.25) is 0 Å². The Labute approximate surface area is 174 Å². The third kappa shape index (κ3) is 3.74. The van der Waals surface area contributed by atoms with Gasteiger partial charge in [-0.25, -0.2) is 0 Å². The van der Waals surface area contributed by atoms with Crippen LogP contribution in [0, 0.1) is 0 Å². The highest BCUT2D eigenvalue weighted by molar-refractivity contribution is 6.05. The summed E-state index contributed by atoms with van der Waals surface area (Å²) >= 11 is 0. The highest BCUT2D eigenvalue weighted by Crippen LogP contribution is 2.39. The number of aryl methyl sites for hydroxylation is 1. The molecule has 0 aliphatic carbocycles. The van der Waals surface area contributed by atoms with E-state index in [1.807, 2.05) is 5.32 Å². The van der Waals surface area contributed by atoms with Crippen molar-refractivity contribution in [2.75, 3.05) is 5.32 Å². The number of alkyl halides is 6. The third-order valence-corrected chi connectivity index (χ3v) is 4.43. The van der Waals surface area contributed by atoms with Crippen molar-refractivity contribution in [1.29, 1.82) is 0 Å². The highest BCUT2D eigenvalue weighted by atomic mass is 19.4. The van der Waals surface area contributed by atoms with Gasteiger partial charge >= 0.3 is 12.4 Å². The molecule has 32 heavy (non-hydrogen) atoms. The molecule has 0 radical (unpaired) electrons. The Balaban J connectivity index is 1.82. The lowest BCUT2D eigenvalue weighted by molar-refractivity contribution is -0.141. The van der Waals surface area contributed by atoms with Crippen molar-refractivity contribution in [3.63, 3.8) is 0 Å². The van der Waals surface area contributed by atoms with Gasteiger partial charge in [-0.1, -0.05) is 6.07 Å². The van der Waals surface area contributed by atoms with E-state index in [-0.39, 0.29) is 17.0 Å². The minimum atomic E-state index is -5.01. The number of hydrogen-bond acceptors (Lipinski definition) is 5. The van der Waals surface area contributed by atoms with Gasteiger partial charge in [0, 0.05) is 18.9 Å². The Hall–Kier alpha value is -3.97. The number of carbonyl (C=O) groups is 1. The molecule has 0 bridgehead atoms. The molecule has 4 aromatic rings. The SMILES string of the molecule is Cn1nc(-c2cccc3nncn23)c(C(F)(F)F)c1C(=O)Nc1ccnc(C(F)(F)F)c1. The third-order valence-electron chi connectivity index (χ3n) is 4.43. The summed E-state index contributed by atoms with van der Waals surface area (Å²) in [6.45, 7) is 0. The van der Waals surface area contributed by atoms with Crippen LogP contribution < -0.4 is 5.32 Å². The molecule has 166 valence electrons. The number of nitrogens with zero attached hydrogens (tertiary/aromatic N) is 6. The molecule has 14 heteroatoms. The maximum absolute atomic E-state index is 14.0. The van der Waals surface area contributed by atoms with E-state index in [0.717, 1.165) is 19.3 Å². The van der Waals surface area contributed by atoms with Crippen LogP contribution in [0.25, 0.3) is 17.0 Å². The molecular formula is C18H11F6N7O. The van der Waals surface area contributed by atoms with Gasteiger partial charge in [0.1, 0.15) is 29.0 Å². The van der Waals surface area contributed by atoms with Crippen molar-refractivity contribution >= 4 is 17.2 Å². The molecule has 0 aliphatic rings. The standard InChI is InChI=1S/C18H11F6N7O/c1-30-15(16(32)27-9-5-6-25-11(7-9)17(19,20)21)13(18(22,23)24)14(29-30)10-3-2-4-12-28-26-8-31(10)12/h2-8H,1H3,(H,25,27,32). The van der Waals surface area contributed by atoms with E-state index in [4.69, 9.17) is 0 Å². The second-order valence-electron chi connectivity index (χ2n) is 6.55. The molecule has 0 saturated heterocycles. The first-order valence-corrected chi connectivity index (χ1v) is 8.74. The molecule has 4 rings (SSSR count). The predicted molar refractivity (Wildman–Crippen MR) is 97.4 cm³/mol. The quantitative estimate of drug-likeness (QED) is 0.475. The van der Waals surface area contributed by atoms with Crippen LogP contribution in [-0.4, -0.2) is 35.3 Å². The Bertz CT molecular complexity index is 1320. The molecule has 1 amide bonds. The number of pyridine rings is 2. The van der Waals surface area contributed by atoms with E-state index >= 15 is 0 Å². The fourth-order valence-electron chi connectivity index (χ4n) is 3.13. The summed E-state index contributed by atoms with van der Waals surface area (Å²) in [5, 5.41) is 13.3. The van der Waals surface area contributed by atoms with Crippen LogP contribution in [0.4, 0.5) is 32.0 Å². The maximum atomic E-state index is 14.0. The molecule has 0 fully saturated rings. The summed E-state index contributed by atoms with van der Waals surface area (Å²) < 4.78 is 82.6. The van der Waals surface area contributed by atoms with Gasteiger partial charge in [-0.2, -0.15) is 31.4 Å². The largest absolute Gasteiger partial charge is 0.433 e. The molecule has 0 saturated carbocycles. The summed E-state index contributed by atoms with van der Waals surface area (Å²) in [6.07, 6.45) is -7.84. The molecule has 1 N–H and O–H groups in total. The van der Waals surface area contributed by atoms with Crippen LogP contribution in [0.5, 0.6) is 0 Å². The lowest BCUT2D eigenvalue weighted by Crippen LogP contribution is -2.21. The van der Waals surface area contributed by atoms with E-state index in [0.29, 0.717) is 10.7 Å². The van der Waals surface area contributed by atoms with Crippen molar-refractivity contribution in [2.24, 2.45) is 7.05 Å². The van der Waals surface area contributed by atoms with Crippen LogP contribution >= 0.6 is 0 Å². The van der Waals surface area contributed by atoms with Gasteiger partial charge in [-0.15, -0.1) is 10.2 Å². The number of aromatic nitrogens is 6. The predicted octanol–water partition coefficient (Wildman–Crippen LogP) is 3.81. The van der Waals surface area contributed by atoms with Crippen LogP contribution in [0.3, 0.4) is 0 Å². The number of fused-ring (bicyclic) bond motifs is 1. The zero-order chi connectivity index (χ0) is 23.3. The molecule has 4 heterocycles. The topological polar surface area (TPSA) is 90.0 Å². The Morgan fingerprint density at radius 1 is 1.06 bits per heavy atom. The molecular weight excluding hydrogens is 444 g/mol. The van der Waals surface area contributed by atoms with Gasteiger partial charge in [-0.05, 0) is 24.3 Å². The number of rotatable bonds is 3. The van der Waals surface area contributed by atoms with E-state index in [1.54, 1.807) is 0 Å². The summed E-state index contributed by atoms with van der Waals surface area (Å²) in [5.41, 5.74) is -4.28. The van der Waals surface area contributed by atoms with Gasteiger partial charge in [0.05, 0.1) is 5.69 Å². The maximum Gasteiger partial charge on any atom is 0.433 e. The molecule has 8 nitrogen and oxygen atoms in total. The van der Waals surface area contributed by atoms with Crippen molar-refractivity contribution in [2.45, 2.75) is 12.4 Å². The second-order valence-corrected chi connectivity index (χ2v) is 6.55. The number of nitrogens with one attached hydrogen (secondary N) is 1. The van der Waals surface area contributed by atoms with E-state index in [1.165, 1.54) is 28.9 Å². The van der Waals surface area contributed by atoms with Crippen molar-refractivity contribution < 1.29 is 31.1 Å². The first-order chi connectivity index (χ1) is 15.0. The monoisotopic (exact) mass is 455 g/mol. The second kappa shape index (κ2) is 7.32.